The van der Waals surface area contributed by atoms with Crippen LogP contribution in [0.5, 0.6) is 0 Å². The molecule has 35 heteroatoms. The normalized spacial score (nSPS) is 27.3. The number of ether oxygens (including phenoxy) is 6. The molecule has 13 atom stereocenters. The molecule has 6 N–H and O–H groups in total. The van der Waals surface area contributed by atoms with Crippen LogP contribution in [0.3, 0.4) is 0 Å². The lowest BCUT2D eigenvalue weighted by Crippen LogP contribution is -2.48. The second-order valence-corrected chi connectivity index (χ2v) is 25.4. The third-order valence-electron chi connectivity index (χ3n) is 18.6. The SMILES string of the molecule is CC[C@@]12CN(OCCOC)[C@@H]([C@H](n3cnc4c(N)ncnc43)O1)[C@@H]2C.CC[C@@]12CN(OCCOC)[C@@H]([C@H](n3cnc4c(NC(=O)c5ccccc5)ncnc43)O1)[C@@H]2OP(C)OCCC#N.COCCON1C[C@]2(CO)O[C@@H](n3cnc4c(NC(=O)c5ccccc5)ncnc43)[C@H]1[C@@H]2O. The number of nitrogen functional groups attached to an aromatic ring is 1. The topological polar surface area (TPSA) is 391 Å². The van der Waals surface area contributed by atoms with Crippen LogP contribution < -0.4 is 16.4 Å². The first-order chi connectivity index (χ1) is 47.7. The maximum absolute atomic E-state index is 12.8. The van der Waals surface area contributed by atoms with Crippen LogP contribution in [0.4, 0.5) is 17.5 Å². The predicted molar refractivity (Wildman–Crippen MR) is 349 cm³/mol. The summed E-state index contributed by atoms with van der Waals surface area (Å²) in [5.41, 5.74) is 7.78. The number of imidazole rings is 3. The van der Waals surface area contributed by atoms with E-state index in [9.17, 15) is 19.8 Å². The van der Waals surface area contributed by atoms with Gasteiger partial charge in [-0.3, -0.25) is 37.8 Å². The van der Waals surface area contributed by atoms with Crippen LogP contribution in [0.2, 0.25) is 0 Å². The molecule has 34 nitrogen and oxygen atoms in total. The Morgan fingerprint density at radius 1 is 0.612 bits per heavy atom. The molecule has 6 aliphatic rings. The summed E-state index contributed by atoms with van der Waals surface area (Å²) < 4.78 is 52.3. The van der Waals surface area contributed by atoms with Crippen LogP contribution in [0.25, 0.3) is 33.5 Å². The van der Waals surface area contributed by atoms with E-state index in [1.807, 2.05) is 45.0 Å². The van der Waals surface area contributed by atoms with Gasteiger partial charge in [0, 0.05) is 45.0 Å². The number of rotatable bonds is 27. The van der Waals surface area contributed by atoms with Crippen molar-refractivity contribution in [2.75, 3.05) is 117 Å². The Kier molecular flexibility index (Phi) is 21.9. The average molecular weight is 1370 g/mol. The Labute approximate surface area is 564 Å². The molecule has 522 valence electrons. The molecule has 2 amide bonds. The fourth-order valence-corrected chi connectivity index (χ4v) is 14.5. The Balaban J connectivity index is 0.000000143. The van der Waals surface area contributed by atoms with Gasteiger partial charge < -0.3 is 64.0 Å². The first-order valence-corrected chi connectivity index (χ1v) is 33.7. The number of carbonyl (C=O) groups is 2. The number of methoxy groups -OCH3 is 3. The van der Waals surface area contributed by atoms with E-state index in [2.05, 4.69) is 75.4 Å². The number of carbonyl (C=O) groups excluding carboxylic acids is 2. The van der Waals surface area contributed by atoms with E-state index in [0.717, 1.165) is 13.0 Å². The molecule has 12 heterocycles. The molecule has 0 spiro atoms. The molecule has 6 aromatic heterocycles. The molecule has 0 radical (unpaired) electrons. The second-order valence-electron chi connectivity index (χ2n) is 24.0. The Hall–Kier alpha value is -7.89. The number of nitrogens with zero attached hydrogens (tertiary/aromatic N) is 16. The van der Waals surface area contributed by atoms with Crippen molar-refractivity contribution in [3.8, 4) is 6.07 Å². The Morgan fingerprint density at radius 2 is 1.05 bits per heavy atom. The van der Waals surface area contributed by atoms with E-state index in [1.165, 1.54) is 25.3 Å². The number of benzene rings is 2. The molecule has 98 heavy (non-hydrogen) atoms. The summed E-state index contributed by atoms with van der Waals surface area (Å²) in [6.45, 7) is 12.2. The van der Waals surface area contributed by atoms with Crippen LogP contribution in [-0.4, -0.2) is 243 Å². The second kappa shape index (κ2) is 30.7. The lowest BCUT2D eigenvalue weighted by molar-refractivity contribution is -0.255. The standard InChI is InChI=1S/C26H32N7O6P.C21H24N6O6.C16H24N6O3/c1-4-26-15-33(36-14-13-35-2)20(21(26)39-40(3)37-12-8-11-27)25(38-26)32-17-30-19-22(28-16-29-23(19)32)31-24(34)18-9-6-5-7-10-18;1-31-7-8-32-27-9-21(10-28)16(29)15(27)20(33-21)26-12-24-14-17(22-11-23-18(14)26)25-19(30)13-5-3-2-4-6-13;1-4-16-7-22(24-6-5-23-3)12(10(16)2)15(25-16)21-9-20-11-13(17)18-8-19-14(11)21/h5-7,9-10,16-17,20-21,25H,4,8,12-15H2,1-3H3,(H,28,29,31,34);2-6,11-12,15-16,20,28-29H,7-10H2,1H3,(H,22,23,25,30);8-10,12,15H,4-7H2,1-3H3,(H2,17,18,19)/t20-,21+,25-,26+,40?;15-,16+,20-,21-;10-,12+,15+,16-/m110/s1. The minimum Gasteiger partial charge on any atom is -0.393 e. The molecule has 6 aliphatic heterocycles. The molecular formula is C63H80N19O15P. The van der Waals surface area contributed by atoms with Gasteiger partial charge in [0.2, 0.25) is 0 Å². The summed E-state index contributed by atoms with van der Waals surface area (Å²) >= 11 is 0. The van der Waals surface area contributed by atoms with Crippen LogP contribution in [-0.2, 0) is 52.0 Å². The predicted octanol–water partition coefficient (Wildman–Crippen LogP) is 4.22. The lowest BCUT2D eigenvalue weighted by atomic mass is 9.88. The summed E-state index contributed by atoms with van der Waals surface area (Å²) in [6.07, 6.45) is 8.00. The van der Waals surface area contributed by atoms with E-state index in [1.54, 1.807) is 92.1 Å². The van der Waals surface area contributed by atoms with Crippen LogP contribution in [0.1, 0.15) is 79.4 Å². The average Bonchev–Trinajstić information content (AvgIpc) is 1.57. The number of hydroxylamine groups is 6. The van der Waals surface area contributed by atoms with Crippen molar-refractivity contribution in [2.24, 2.45) is 5.92 Å². The number of anilines is 3. The van der Waals surface area contributed by atoms with Crippen molar-refractivity contribution in [3.63, 3.8) is 0 Å². The number of nitrogens with one attached hydrogen (secondary N) is 2. The number of amides is 2. The fraction of sp³-hybridized carbons (Fsp3) is 0.524. The summed E-state index contributed by atoms with van der Waals surface area (Å²) in [7, 11) is 3.59. The number of morpholine rings is 3. The molecule has 2 aromatic carbocycles. The number of aromatic nitrogens is 12. The van der Waals surface area contributed by atoms with E-state index in [4.69, 9.17) is 63.0 Å². The van der Waals surface area contributed by atoms with Gasteiger partial charge in [-0.1, -0.05) is 57.2 Å². The third-order valence-corrected chi connectivity index (χ3v) is 19.6. The minimum absolute atomic E-state index is 0.0744. The summed E-state index contributed by atoms with van der Waals surface area (Å²) in [4.78, 5) is 82.2. The summed E-state index contributed by atoms with van der Waals surface area (Å²) in [6, 6.07) is 18.9. The molecule has 0 saturated carbocycles. The molecule has 8 aromatic rings. The zero-order chi connectivity index (χ0) is 68.7. The van der Waals surface area contributed by atoms with Crippen molar-refractivity contribution < 1.29 is 71.8 Å². The van der Waals surface area contributed by atoms with Gasteiger partial charge in [0.1, 0.15) is 60.0 Å². The molecule has 6 bridgehead atoms. The first-order valence-electron chi connectivity index (χ1n) is 32.1. The Bertz CT molecular complexity index is 4070. The van der Waals surface area contributed by atoms with Gasteiger partial charge in [-0.05, 0) is 37.1 Å². The molecular weight excluding hydrogens is 1290 g/mol. The number of fused-ring (bicyclic) bond motifs is 9. The van der Waals surface area contributed by atoms with Gasteiger partial charge in [-0.25, -0.2) is 44.9 Å². The van der Waals surface area contributed by atoms with E-state index < -0.39 is 44.2 Å². The van der Waals surface area contributed by atoms with Crippen LogP contribution in [0, 0.1) is 17.2 Å². The highest BCUT2D eigenvalue weighted by Crippen LogP contribution is 2.55. The third kappa shape index (κ3) is 13.6. The maximum atomic E-state index is 12.8. The van der Waals surface area contributed by atoms with Gasteiger partial charge in [0.25, 0.3) is 11.8 Å². The van der Waals surface area contributed by atoms with Crippen molar-refractivity contribution in [3.05, 3.63) is 110 Å². The van der Waals surface area contributed by atoms with E-state index in [0.29, 0.717) is 115 Å². The molecule has 6 fully saturated rings. The molecule has 6 saturated heterocycles. The zero-order valence-electron chi connectivity index (χ0n) is 55.2. The summed E-state index contributed by atoms with van der Waals surface area (Å²) in [5, 5.41) is 40.9. The number of hydrogen-bond donors (Lipinski definition) is 5. The van der Waals surface area contributed by atoms with Gasteiger partial charge in [-0.2, -0.15) is 20.5 Å². The maximum Gasteiger partial charge on any atom is 0.256 e. The quantitative estimate of drug-likeness (QED) is 0.0355. The van der Waals surface area contributed by atoms with Crippen LogP contribution in [0.15, 0.2) is 98.6 Å². The highest BCUT2D eigenvalue weighted by molar-refractivity contribution is 7.46. The van der Waals surface area contributed by atoms with Crippen LogP contribution >= 0.6 is 8.38 Å². The number of aliphatic hydroxyl groups is 2. The lowest BCUT2D eigenvalue weighted by Gasteiger charge is -2.36. The van der Waals surface area contributed by atoms with Gasteiger partial charge in [0.15, 0.2) is 72.5 Å². The van der Waals surface area contributed by atoms with Gasteiger partial charge in [-0.15, -0.1) is 0 Å². The van der Waals surface area contributed by atoms with Gasteiger partial charge >= 0.3 is 0 Å². The minimum atomic E-state index is -1.27. The number of hydrogen-bond acceptors (Lipinski definition) is 29. The number of nitrogens with two attached hydrogens (primary N) is 1. The molecule has 14 rings (SSSR count). The van der Waals surface area contributed by atoms with Crippen molar-refractivity contribution in [1.29, 1.82) is 5.26 Å². The van der Waals surface area contributed by atoms with Crippen molar-refractivity contribution in [1.82, 2.24) is 73.7 Å². The monoisotopic (exact) mass is 1370 g/mol. The number of nitriles is 1. The fourth-order valence-electron chi connectivity index (χ4n) is 13.5. The summed E-state index contributed by atoms with van der Waals surface area (Å²) in [5.74, 6) is 0.625. The van der Waals surface area contributed by atoms with Crippen molar-refractivity contribution in [2.45, 2.75) is 106 Å². The molecule has 0 aliphatic carbocycles. The zero-order valence-corrected chi connectivity index (χ0v) is 56.1. The Morgan fingerprint density at radius 3 is 1.54 bits per heavy atom. The first kappa shape index (κ1) is 70.0. The largest absolute Gasteiger partial charge is 0.393 e. The number of aliphatic hydroxyl groups excluding tert-OH is 2. The highest BCUT2D eigenvalue weighted by Gasteiger charge is 2.67. The van der Waals surface area contributed by atoms with E-state index in [-0.39, 0.29) is 73.8 Å². The smallest absolute Gasteiger partial charge is 0.256 e. The van der Waals surface area contributed by atoms with Gasteiger partial charge in [0.05, 0.1) is 116 Å². The highest BCUT2D eigenvalue weighted by atomic mass is 31.2. The molecule has 1 unspecified atom stereocenters. The van der Waals surface area contributed by atoms with Crippen molar-refractivity contribution >= 4 is 71.1 Å². The van der Waals surface area contributed by atoms with E-state index >= 15 is 0 Å².